The van der Waals surface area contributed by atoms with Crippen LogP contribution in [0.1, 0.15) is 74.8 Å². The van der Waals surface area contributed by atoms with Crippen LogP contribution < -0.4 is 15.3 Å². The third kappa shape index (κ3) is 5.52. The SMILES string of the molecule is CC(C)(C)OC(=O)N1Cc2cccnc2N(C(=O)OC(C)(C)C)c2ccc(B3OC(C)(C)C(C)(C)O3)cc21. The maximum Gasteiger partial charge on any atom is 0.494 e. The van der Waals surface area contributed by atoms with Crippen molar-refractivity contribution in [2.75, 3.05) is 9.80 Å². The standard InChI is InChI=1S/C28H38BN3O6/c1-25(2,3)35-23(33)31-17-18-12-11-15-30-22(18)32(24(34)36-26(4,5)6)20-14-13-19(16-21(20)31)29-37-27(7,8)28(9,10)38-29/h11-16H,17H2,1-10H3. The number of hydrogen-bond acceptors (Lipinski definition) is 7. The van der Waals surface area contributed by atoms with Gasteiger partial charge in [0.1, 0.15) is 17.0 Å². The van der Waals surface area contributed by atoms with Crippen LogP contribution in [0.3, 0.4) is 0 Å². The monoisotopic (exact) mass is 523 g/mol. The summed E-state index contributed by atoms with van der Waals surface area (Å²) in [4.78, 5) is 34.6. The zero-order valence-electron chi connectivity index (χ0n) is 24.0. The largest absolute Gasteiger partial charge is 0.494 e. The lowest BCUT2D eigenvalue weighted by atomic mass is 9.78. The van der Waals surface area contributed by atoms with Gasteiger partial charge in [-0.15, -0.1) is 0 Å². The summed E-state index contributed by atoms with van der Waals surface area (Å²) in [6.45, 7) is 18.9. The van der Waals surface area contributed by atoms with Gasteiger partial charge in [-0.2, -0.15) is 0 Å². The third-order valence-electron chi connectivity index (χ3n) is 6.65. The number of fused-ring (bicyclic) bond motifs is 2. The van der Waals surface area contributed by atoms with E-state index in [1.807, 2.05) is 66.7 Å². The van der Waals surface area contributed by atoms with E-state index in [0.717, 1.165) is 0 Å². The van der Waals surface area contributed by atoms with Crippen LogP contribution in [0.5, 0.6) is 0 Å². The van der Waals surface area contributed by atoms with Gasteiger partial charge in [-0.05, 0) is 92.9 Å². The fraction of sp³-hybridized carbons (Fsp3) is 0.536. The molecule has 0 bridgehead atoms. The van der Waals surface area contributed by atoms with E-state index >= 15 is 0 Å². The highest BCUT2D eigenvalue weighted by Gasteiger charge is 2.52. The third-order valence-corrected chi connectivity index (χ3v) is 6.65. The van der Waals surface area contributed by atoms with E-state index in [-0.39, 0.29) is 6.54 Å². The molecule has 0 radical (unpaired) electrons. The molecule has 1 aromatic heterocycles. The summed E-state index contributed by atoms with van der Waals surface area (Å²) in [5, 5.41) is 0. The Morgan fingerprint density at radius 2 is 1.47 bits per heavy atom. The zero-order valence-corrected chi connectivity index (χ0v) is 24.0. The fourth-order valence-corrected chi connectivity index (χ4v) is 4.17. The number of carbonyl (C=O) groups excluding carboxylic acids is 2. The van der Waals surface area contributed by atoms with Crippen molar-refractivity contribution in [1.82, 2.24) is 4.98 Å². The van der Waals surface area contributed by atoms with Crippen LogP contribution in [-0.4, -0.2) is 46.7 Å². The zero-order chi connectivity index (χ0) is 28.3. The van der Waals surface area contributed by atoms with Gasteiger partial charge < -0.3 is 18.8 Å². The Hall–Kier alpha value is -3.11. The first kappa shape index (κ1) is 27.9. The van der Waals surface area contributed by atoms with Gasteiger partial charge in [0, 0.05) is 11.8 Å². The van der Waals surface area contributed by atoms with Gasteiger partial charge in [-0.25, -0.2) is 19.5 Å². The molecule has 0 saturated carbocycles. The maximum atomic E-state index is 13.6. The summed E-state index contributed by atoms with van der Waals surface area (Å²) in [5.41, 5.74) is -0.299. The summed E-state index contributed by atoms with van der Waals surface area (Å²) >= 11 is 0. The predicted molar refractivity (Wildman–Crippen MR) is 147 cm³/mol. The molecular formula is C28H38BN3O6. The Morgan fingerprint density at radius 3 is 2.05 bits per heavy atom. The first-order chi connectivity index (χ1) is 17.4. The second kappa shape index (κ2) is 9.27. The van der Waals surface area contributed by atoms with E-state index in [2.05, 4.69) is 4.98 Å². The first-order valence-electron chi connectivity index (χ1n) is 12.9. The smallest absolute Gasteiger partial charge is 0.443 e. The van der Waals surface area contributed by atoms with E-state index in [9.17, 15) is 9.59 Å². The number of carbonyl (C=O) groups is 2. The van der Waals surface area contributed by atoms with E-state index in [4.69, 9.17) is 18.8 Å². The van der Waals surface area contributed by atoms with Crippen molar-refractivity contribution in [1.29, 1.82) is 0 Å². The van der Waals surface area contributed by atoms with Crippen LogP contribution in [0.15, 0.2) is 36.5 Å². The second-order valence-electron chi connectivity index (χ2n) is 12.7. The van der Waals surface area contributed by atoms with Crippen LogP contribution in [0.25, 0.3) is 0 Å². The van der Waals surface area contributed by atoms with Crippen LogP contribution in [0.4, 0.5) is 26.8 Å². The van der Waals surface area contributed by atoms with Crippen LogP contribution in [0, 0.1) is 0 Å². The number of ether oxygens (including phenoxy) is 2. The van der Waals surface area contributed by atoms with Crippen LogP contribution in [0.2, 0.25) is 0 Å². The summed E-state index contributed by atoms with van der Waals surface area (Å²) in [7, 11) is -0.662. The summed E-state index contributed by atoms with van der Waals surface area (Å²) in [6.07, 6.45) is 0.455. The Morgan fingerprint density at radius 1 is 0.895 bits per heavy atom. The van der Waals surface area contributed by atoms with Crippen LogP contribution in [-0.2, 0) is 25.3 Å². The molecule has 2 aliphatic rings. The van der Waals surface area contributed by atoms with Crippen molar-refractivity contribution in [2.24, 2.45) is 0 Å². The molecule has 2 aliphatic heterocycles. The number of amides is 2. The van der Waals surface area contributed by atoms with Crippen molar-refractivity contribution >= 4 is 42.0 Å². The molecule has 0 atom stereocenters. The van der Waals surface area contributed by atoms with Crippen molar-refractivity contribution in [3.8, 4) is 0 Å². The van der Waals surface area contributed by atoms with Crippen molar-refractivity contribution in [3.63, 3.8) is 0 Å². The Bertz CT molecular complexity index is 1230. The second-order valence-corrected chi connectivity index (χ2v) is 12.7. The molecule has 0 N–H and O–H groups in total. The van der Waals surface area contributed by atoms with Gasteiger partial charge in [0.15, 0.2) is 0 Å². The Balaban J connectivity index is 1.89. The summed E-state index contributed by atoms with van der Waals surface area (Å²) in [6, 6.07) is 9.01. The molecule has 3 heterocycles. The molecule has 38 heavy (non-hydrogen) atoms. The first-order valence-corrected chi connectivity index (χ1v) is 12.9. The van der Waals surface area contributed by atoms with Gasteiger partial charge >= 0.3 is 19.3 Å². The number of anilines is 3. The highest BCUT2D eigenvalue weighted by Crippen LogP contribution is 2.42. The Kier molecular flexibility index (Phi) is 6.81. The predicted octanol–water partition coefficient (Wildman–Crippen LogP) is 5.71. The lowest BCUT2D eigenvalue weighted by Gasteiger charge is -2.32. The molecule has 9 nitrogen and oxygen atoms in total. The average Bonchev–Trinajstić information content (AvgIpc) is 2.89. The number of benzene rings is 1. The molecule has 2 amide bonds. The summed E-state index contributed by atoms with van der Waals surface area (Å²) in [5.74, 6) is 0.387. The number of rotatable bonds is 1. The molecular weight excluding hydrogens is 485 g/mol. The average molecular weight is 523 g/mol. The van der Waals surface area contributed by atoms with Crippen molar-refractivity contribution in [2.45, 2.75) is 98.2 Å². The minimum atomic E-state index is -0.744. The molecule has 10 heteroatoms. The van der Waals surface area contributed by atoms with E-state index in [1.54, 1.807) is 39.1 Å². The molecule has 1 aromatic carbocycles. The van der Waals surface area contributed by atoms with Gasteiger partial charge in [0.05, 0.1) is 29.1 Å². The molecule has 1 saturated heterocycles. The number of pyridine rings is 1. The topological polar surface area (TPSA) is 90.4 Å². The molecule has 4 rings (SSSR count). The van der Waals surface area contributed by atoms with Gasteiger partial charge in [0.2, 0.25) is 0 Å². The van der Waals surface area contributed by atoms with Crippen molar-refractivity contribution in [3.05, 3.63) is 42.1 Å². The van der Waals surface area contributed by atoms with Gasteiger partial charge in [0.25, 0.3) is 0 Å². The van der Waals surface area contributed by atoms with Crippen molar-refractivity contribution < 1.29 is 28.4 Å². The molecule has 1 fully saturated rings. The minimum Gasteiger partial charge on any atom is -0.443 e. The quantitative estimate of drug-likeness (QED) is 0.443. The lowest BCUT2D eigenvalue weighted by Crippen LogP contribution is -2.41. The number of aromatic nitrogens is 1. The van der Waals surface area contributed by atoms with E-state index in [0.29, 0.717) is 28.2 Å². The molecule has 0 spiro atoms. The highest BCUT2D eigenvalue weighted by atomic mass is 16.7. The number of nitrogens with zero attached hydrogens (tertiary/aromatic N) is 3. The minimum absolute atomic E-state index is 0.136. The van der Waals surface area contributed by atoms with Gasteiger partial charge in [-0.3, -0.25) is 4.90 Å². The lowest BCUT2D eigenvalue weighted by molar-refractivity contribution is 0.00578. The highest BCUT2D eigenvalue weighted by molar-refractivity contribution is 6.62. The van der Waals surface area contributed by atoms with E-state index < -0.39 is 41.7 Å². The molecule has 0 unspecified atom stereocenters. The van der Waals surface area contributed by atoms with Gasteiger partial charge in [-0.1, -0.05) is 12.1 Å². The fourth-order valence-electron chi connectivity index (χ4n) is 4.17. The Labute approximate surface area is 225 Å². The maximum absolute atomic E-state index is 13.6. The number of hydrogen-bond donors (Lipinski definition) is 0. The van der Waals surface area contributed by atoms with E-state index in [1.165, 1.54) is 9.80 Å². The molecule has 2 aromatic rings. The molecule has 204 valence electrons. The normalized spacial score (nSPS) is 18.4. The summed E-state index contributed by atoms with van der Waals surface area (Å²) < 4.78 is 24.1. The van der Waals surface area contributed by atoms with Crippen LogP contribution >= 0.6 is 0 Å². The molecule has 0 aliphatic carbocycles.